The van der Waals surface area contributed by atoms with Gasteiger partial charge >= 0.3 is 6.18 Å². The molecule has 0 saturated carbocycles. The number of aliphatic hydroxyl groups excluding tert-OH is 1. The number of rotatable bonds is 12. The Morgan fingerprint density at radius 3 is 2.30 bits per heavy atom. The van der Waals surface area contributed by atoms with Crippen LogP contribution in [0.5, 0.6) is 5.75 Å². The van der Waals surface area contributed by atoms with E-state index in [4.69, 9.17) is 4.74 Å². The number of hydrogen-bond donors (Lipinski definition) is 1. The van der Waals surface area contributed by atoms with Gasteiger partial charge in [0.2, 0.25) is 0 Å². The highest BCUT2D eigenvalue weighted by atomic mass is 32.2. The molecule has 0 radical (unpaired) electrons. The van der Waals surface area contributed by atoms with Gasteiger partial charge in [-0.1, -0.05) is 48.5 Å². The lowest BCUT2D eigenvalue weighted by Gasteiger charge is -2.23. The minimum atomic E-state index is -4.43. The summed E-state index contributed by atoms with van der Waals surface area (Å²) in [5.41, 5.74) is 0.609. The SMILES string of the molecule is CS(=O)(=O)c1cc(OCCCN(CCc2ccccc2)Cc2cccc(C(F)(F)F)c2)cc(F)c1CO. The standard InChI is InChI=1S/C27H29F4NO4S/c1-37(34,35)26-17-23(16-25(28)24(26)19-33)36-14-6-12-32(13-11-20-7-3-2-4-8-20)18-21-9-5-10-22(15-21)27(29,30)31/h2-5,7-10,15-17,33H,6,11-14,18-19H2,1H3. The van der Waals surface area contributed by atoms with E-state index in [0.717, 1.165) is 30.0 Å². The van der Waals surface area contributed by atoms with Gasteiger partial charge in [-0.25, -0.2) is 12.8 Å². The van der Waals surface area contributed by atoms with Gasteiger partial charge in [-0.3, -0.25) is 4.90 Å². The summed E-state index contributed by atoms with van der Waals surface area (Å²) in [6, 6.07) is 17.1. The maximum Gasteiger partial charge on any atom is 0.416 e. The summed E-state index contributed by atoms with van der Waals surface area (Å²) in [7, 11) is -3.79. The van der Waals surface area contributed by atoms with Crippen LogP contribution in [0.2, 0.25) is 0 Å². The van der Waals surface area contributed by atoms with Crippen LogP contribution in [0.25, 0.3) is 0 Å². The summed E-state index contributed by atoms with van der Waals surface area (Å²) < 4.78 is 83.3. The van der Waals surface area contributed by atoms with Crippen LogP contribution in [0.15, 0.2) is 71.6 Å². The van der Waals surface area contributed by atoms with Gasteiger partial charge in [0, 0.05) is 37.5 Å². The minimum Gasteiger partial charge on any atom is -0.493 e. The fourth-order valence-corrected chi connectivity index (χ4v) is 4.88. The van der Waals surface area contributed by atoms with Crippen LogP contribution in [0, 0.1) is 5.82 Å². The van der Waals surface area contributed by atoms with Crippen molar-refractivity contribution in [3.8, 4) is 5.75 Å². The van der Waals surface area contributed by atoms with Gasteiger partial charge in [-0.05, 0) is 36.1 Å². The lowest BCUT2D eigenvalue weighted by atomic mass is 10.1. The molecule has 0 unspecified atom stereocenters. The Morgan fingerprint density at radius 2 is 1.65 bits per heavy atom. The molecule has 37 heavy (non-hydrogen) atoms. The van der Waals surface area contributed by atoms with Crippen LogP contribution in [-0.4, -0.2) is 44.4 Å². The normalized spacial score (nSPS) is 12.2. The summed E-state index contributed by atoms with van der Waals surface area (Å²) in [5.74, 6) is -0.863. The first-order chi connectivity index (χ1) is 17.5. The number of sulfone groups is 1. The highest BCUT2D eigenvalue weighted by Gasteiger charge is 2.30. The topological polar surface area (TPSA) is 66.8 Å². The summed E-state index contributed by atoms with van der Waals surface area (Å²) in [6.07, 6.45) is -2.34. The maximum atomic E-state index is 14.3. The zero-order valence-corrected chi connectivity index (χ0v) is 21.2. The molecule has 0 atom stereocenters. The van der Waals surface area contributed by atoms with E-state index in [1.54, 1.807) is 6.07 Å². The van der Waals surface area contributed by atoms with Crippen molar-refractivity contribution in [1.82, 2.24) is 4.90 Å². The molecule has 0 aliphatic heterocycles. The predicted molar refractivity (Wildman–Crippen MR) is 132 cm³/mol. The van der Waals surface area contributed by atoms with E-state index in [1.165, 1.54) is 12.1 Å². The minimum absolute atomic E-state index is 0.0174. The zero-order valence-electron chi connectivity index (χ0n) is 20.3. The monoisotopic (exact) mass is 539 g/mol. The van der Waals surface area contributed by atoms with E-state index >= 15 is 0 Å². The molecule has 0 aliphatic carbocycles. The Labute approximate surface area is 214 Å². The van der Waals surface area contributed by atoms with Crippen molar-refractivity contribution in [3.05, 3.63) is 94.8 Å². The van der Waals surface area contributed by atoms with Crippen molar-refractivity contribution in [2.45, 2.75) is 37.1 Å². The second kappa shape index (κ2) is 12.5. The Hall–Kier alpha value is -2.95. The average molecular weight is 540 g/mol. The molecular weight excluding hydrogens is 510 g/mol. The smallest absolute Gasteiger partial charge is 0.416 e. The van der Waals surface area contributed by atoms with Gasteiger partial charge < -0.3 is 9.84 Å². The molecule has 10 heteroatoms. The fraction of sp³-hybridized carbons (Fsp3) is 0.333. The third-order valence-corrected chi connectivity index (χ3v) is 6.96. The Kier molecular flexibility index (Phi) is 9.69. The second-order valence-electron chi connectivity index (χ2n) is 8.72. The van der Waals surface area contributed by atoms with Crippen molar-refractivity contribution in [2.75, 3.05) is 26.0 Å². The maximum absolute atomic E-state index is 14.3. The first-order valence-electron chi connectivity index (χ1n) is 11.7. The van der Waals surface area contributed by atoms with Crippen molar-refractivity contribution in [2.24, 2.45) is 0 Å². The van der Waals surface area contributed by atoms with Gasteiger partial charge in [-0.2, -0.15) is 13.2 Å². The highest BCUT2D eigenvalue weighted by Crippen LogP contribution is 2.30. The quantitative estimate of drug-likeness (QED) is 0.252. The van der Waals surface area contributed by atoms with Crippen molar-refractivity contribution < 1.29 is 35.8 Å². The molecule has 0 saturated heterocycles. The molecule has 3 aromatic carbocycles. The largest absolute Gasteiger partial charge is 0.493 e. The lowest BCUT2D eigenvalue weighted by Crippen LogP contribution is -2.28. The number of aliphatic hydroxyl groups is 1. The van der Waals surface area contributed by atoms with Crippen LogP contribution in [0.4, 0.5) is 17.6 Å². The third kappa shape index (κ3) is 8.55. The molecule has 0 fully saturated rings. The predicted octanol–water partition coefficient (Wildman–Crippen LogP) is 5.25. The summed E-state index contributed by atoms with van der Waals surface area (Å²) in [4.78, 5) is 1.68. The van der Waals surface area contributed by atoms with Crippen LogP contribution < -0.4 is 4.74 Å². The van der Waals surface area contributed by atoms with Gasteiger partial charge in [0.25, 0.3) is 0 Å². The van der Waals surface area contributed by atoms with Crippen molar-refractivity contribution in [1.29, 1.82) is 0 Å². The number of hydrogen-bond acceptors (Lipinski definition) is 5. The molecule has 1 N–H and O–H groups in total. The van der Waals surface area contributed by atoms with Crippen molar-refractivity contribution in [3.63, 3.8) is 0 Å². The number of ether oxygens (including phenoxy) is 1. The molecule has 0 aliphatic rings. The van der Waals surface area contributed by atoms with Crippen LogP contribution in [0.3, 0.4) is 0 Å². The number of benzene rings is 3. The molecule has 0 spiro atoms. The number of nitrogens with zero attached hydrogens (tertiary/aromatic N) is 1. The fourth-order valence-electron chi connectivity index (χ4n) is 3.94. The molecule has 3 rings (SSSR count). The van der Waals surface area contributed by atoms with E-state index in [0.29, 0.717) is 38.0 Å². The average Bonchev–Trinajstić information content (AvgIpc) is 2.84. The second-order valence-corrected chi connectivity index (χ2v) is 10.7. The first kappa shape index (κ1) is 28.6. The molecule has 0 bridgehead atoms. The van der Waals surface area contributed by atoms with Crippen molar-refractivity contribution >= 4 is 9.84 Å². The van der Waals surface area contributed by atoms with Gasteiger partial charge in [0.05, 0.1) is 23.7 Å². The first-order valence-corrected chi connectivity index (χ1v) is 13.5. The highest BCUT2D eigenvalue weighted by molar-refractivity contribution is 7.90. The molecular formula is C27H29F4NO4S. The van der Waals surface area contributed by atoms with Gasteiger partial charge in [-0.15, -0.1) is 0 Å². The van der Waals surface area contributed by atoms with Crippen LogP contribution in [0.1, 0.15) is 28.7 Å². The van der Waals surface area contributed by atoms with Gasteiger partial charge in [0.1, 0.15) is 11.6 Å². The van der Waals surface area contributed by atoms with E-state index in [-0.39, 0.29) is 22.8 Å². The summed E-state index contributed by atoms with van der Waals surface area (Å²) in [6.45, 7) is 0.748. The Balaban J connectivity index is 1.67. The van der Waals surface area contributed by atoms with Crippen LogP contribution >= 0.6 is 0 Å². The number of halogens is 4. The lowest BCUT2D eigenvalue weighted by molar-refractivity contribution is -0.137. The molecule has 3 aromatic rings. The molecule has 0 heterocycles. The van der Waals surface area contributed by atoms with Gasteiger partial charge in [0.15, 0.2) is 9.84 Å². The van der Waals surface area contributed by atoms with E-state index in [1.807, 2.05) is 35.2 Å². The molecule has 200 valence electrons. The third-order valence-electron chi connectivity index (χ3n) is 5.79. The Morgan fingerprint density at radius 1 is 0.946 bits per heavy atom. The summed E-state index contributed by atoms with van der Waals surface area (Å²) in [5, 5.41) is 9.33. The zero-order chi connectivity index (χ0) is 27.1. The molecule has 0 aromatic heterocycles. The Bertz CT molecular complexity index is 1280. The number of alkyl halides is 3. The molecule has 5 nitrogen and oxygen atoms in total. The van der Waals surface area contributed by atoms with E-state index < -0.39 is 34.0 Å². The van der Waals surface area contributed by atoms with Crippen LogP contribution in [-0.2, 0) is 35.6 Å². The van der Waals surface area contributed by atoms with E-state index in [2.05, 4.69) is 0 Å². The van der Waals surface area contributed by atoms with E-state index in [9.17, 15) is 31.1 Å². The summed E-state index contributed by atoms with van der Waals surface area (Å²) >= 11 is 0. The molecule has 0 amide bonds.